The van der Waals surface area contributed by atoms with Crippen molar-refractivity contribution in [3.8, 4) is 5.75 Å². The third kappa shape index (κ3) is 6.64. The van der Waals surface area contributed by atoms with Crippen molar-refractivity contribution in [3.63, 3.8) is 0 Å². The van der Waals surface area contributed by atoms with Gasteiger partial charge in [0.2, 0.25) is 11.7 Å². The van der Waals surface area contributed by atoms with E-state index < -0.39 is 22.3 Å². The van der Waals surface area contributed by atoms with Crippen LogP contribution in [0.2, 0.25) is 0 Å². The number of unbranched alkanes of at least 4 members (excludes halogenated alkanes) is 2. The first-order valence-corrected chi connectivity index (χ1v) is 7.75. The maximum atomic E-state index is 11.8. The van der Waals surface area contributed by atoms with Crippen molar-refractivity contribution in [1.82, 2.24) is 5.32 Å². The summed E-state index contributed by atoms with van der Waals surface area (Å²) in [5.41, 5.74) is -0.0550. The molecule has 0 radical (unpaired) electrons. The van der Waals surface area contributed by atoms with Gasteiger partial charge in [0.05, 0.1) is 15.8 Å². The van der Waals surface area contributed by atoms with Gasteiger partial charge >= 0.3 is 11.7 Å². The number of aromatic hydroxyl groups is 1. The number of hydrogen-bond donors (Lipinski definition) is 3. The number of nitro benzene ring substituents is 1. The number of aliphatic carboxylic acids is 1. The van der Waals surface area contributed by atoms with E-state index >= 15 is 0 Å². The molecule has 0 atom stereocenters. The predicted octanol–water partition coefficient (Wildman–Crippen LogP) is 2.37. The van der Waals surface area contributed by atoms with E-state index in [-0.39, 0.29) is 23.2 Å². The molecule has 0 bridgehead atoms. The quantitative estimate of drug-likeness (QED) is 0.338. The Bertz CT molecular complexity index is 605. The van der Waals surface area contributed by atoms with Gasteiger partial charge in [-0.2, -0.15) is 0 Å². The number of phenolic OH excluding ortho intramolecular Hbond substituents is 1. The van der Waals surface area contributed by atoms with E-state index in [9.17, 15) is 24.8 Å². The predicted molar refractivity (Wildman–Crippen MR) is 85.3 cm³/mol. The third-order valence-corrected chi connectivity index (χ3v) is 3.66. The number of rotatable bonds is 9. The monoisotopic (exact) mass is 388 g/mol. The van der Waals surface area contributed by atoms with Gasteiger partial charge in [-0.15, -0.1) is 0 Å². The highest BCUT2D eigenvalue weighted by Gasteiger charge is 2.18. The number of carbonyl (C=O) groups is 2. The number of halogens is 1. The van der Waals surface area contributed by atoms with Gasteiger partial charge in [0, 0.05) is 19.0 Å². The van der Waals surface area contributed by atoms with Crippen LogP contribution in [0.5, 0.6) is 5.75 Å². The van der Waals surface area contributed by atoms with Crippen molar-refractivity contribution < 1.29 is 24.7 Å². The fourth-order valence-electron chi connectivity index (χ4n) is 1.93. The Morgan fingerprint density at radius 1 is 1.26 bits per heavy atom. The molecule has 1 rings (SSSR count). The summed E-state index contributed by atoms with van der Waals surface area (Å²) in [4.78, 5) is 32.2. The smallest absolute Gasteiger partial charge is 0.312 e. The largest absolute Gasteiger partial charge is 0.501 e. The lowest BCUT2D eigenvalue weighted by molar-refractivity contribution is -0.386. The molecule has 1 aromatic carbocycles. The normalized spacial score (nSPS) is 10.3. The van der Waals surface area contributed by atoms with E-state index in [4.69, 9.17) is 5.11 Å². The van der Waals surface area contributed by atoms with Crippen molar-refractivity contribution in [2.24, 2.45) is 0 Å². The minimum absolute atomic E-state index is 0.0468. The molecule has 9 heteroatoms. The lowest BCUT2D eigenvalue weighted by atomic mass is 10.1. The standard InChI is InChI=1S/C14H17BrN2O6/c15-10-6-9(7-11(14(10)21)17(22)23)8-12(18)16-5-3-1-2-4-13(19)20/h6-7,21H,1-5,8H2,(H,16,18)(H,19,20). The Morgan fingerprint density at radius 2 is 1.96 bits per heavy atom. The van der Waals surface area contributed by atoms with E-state index in [2.05, 4.69) is 21.2 Å². The minimum Gasteiger partial charge on any atom is -0.501 e. The summed E-state index contributed by atoms with van der Waals surface area (Å²) in [6.07, 6.45) is 1.98. The van der Waals surface area contributed by atoms with Crippen molar-refractivity contribution >= 4 is 33.5 Å². The van der Waals surface area contributed by atoms with Crippen LogP contribution < -0.4 is 5.32 Å². The maximum Gasteiger partial charge on any atom is 0.312 e. The van der Waals surface area contributed by atoms with Crippen LogP contribution in [0.4, 0.5) is 5.69 Å². The molecule has 0 saturated heterocycles. The van der Waals surface area contributed by atoms with Crippen LogP contribution in [0.25, 0.3) is 0 Å². The highest BCUT2D eigenvalue weighted by atomic mass is 79.9. The number of nitrogens with one attached hydrogen (secondary N) is 1. The Balaban J connectivity index is 2.45. The van der Waals surface area contributed by atoms with Gasteiger partial charge in [-0.25, -0.2) is 0 Å². The number of amides is 1. The minimum atomic E-state index is -0.839. The van der Waals surface area contributed by atoms with Crippen molar-refractivity contribution in [2.75, 3.05) is 6.54 Å². The molecule has 8 nitrogen and oxygen atoms in total. The van der Waals surface area contributed by atoms with E-state index in [1.54, 1.807) is 0 Å². The van der Waals surface area contributed by atoms with Crippen LogP contribution in [0.1, 0.15) is 31.2 Å². The topological polar surface area (TPSA) is 130 Å². The summed E-state index contributed by atoms with van der Waals surface area (Å²) in [6, 6.07) is 2.61. The zero-order valence-corrected chi connectivity index (χ0v) is 13.8. The van der Waals surface area contributed by atoms with Crippen molar-refractivity contribution in [3.05, 3.63) is 32.3 Å². The molecule has 126 valence electrons. The zero-order valence-electron chi connectivity index (χ0n) is 12.2. The fraction of sp³-hybridized carbons (Fsp3) is 0.429. The number of carboxylic acids is 1. The average Bonchev–Trinajstić information content (AvgIpc) is 2.45. The van der Waals surface area contributed by atoms with Gasteiger partial charge in [0.15, 0.2) is 0 Å². The molecule has 23 heavy (non-hydrogen) atoms. The molecular formula is C14H17BrN2O6. The van der Waals surface area contributed by atoms with Gasteiger partial charge in [-0.3, -0.25) is 19.7 Å². The Morgan fingerprint density at radius 3 is 2.57 bits per heavy atom. The van der Waals surface area contributed by atoms with Crippen LogP contribution in [-0.2, 0) is 16.0 Å². The second kappa shape index (κ2) is 9.09. The molecule has 0 aliphatic carbocycles. The van der Waals surface area contributed by atoms with Crippen LogP contribution in [-0.4, -0.2) is 33.6 Å². The van der Waals surface area contributed by atoms with Gasteiger partial charge in [0.1, 0.15) is 0 Å². The number of nitro groups is 1. The molecule has 3 N–H and O–H groups in total. The molecule has 0 aliphatic heterocycles. The first-order chi connectivity index (χ1) is 10.8. The van der Waals surface area contributed by atoms with Crippen molar-refractivity contribution in [2.45, 2.75) is 32.1 Å². The summed E-state index contributed by atoms with van der Waals surface area (Å²) in [5, 5.41) is 31.5. The second-order valence-electron chi connectivity index (χ2n) is 4.93. The highest BCUT2D eigenvalue weighted by Crippen LogP contribution is 2.35. The van der Waals surface area contributed by atoms with Gasteiger partial charge in [0.25, 0.3) is 0 Å². The molecule has 0 unspecified atom stereocenters. The fourth-order valence-corrected chi connectivity index (χ4v) is 2.43. The maximum absolute atomic E-state index is 11.8. The van der Waals surface area contributed by atoms with E-state index in [1.165, 1.54) is 6.07 Å². The van der Waals surface area contributed by atoms with Gasteiger partial charge in [-0.1, -0.05) is 6.42 Å². The summed E-state index contributed by atoms with van der Waals surface area (Å²) >= 11 is 3.01. The second-order valence-corrected chi connectivity index (χ2v) is 5.79. The number of nitrogens with zero attached hydrogens (tertiary/aromatic N) is 1. The molecule has 0 fully saturated rings. The summed E-state index contributed by atoms with van der Waals surface area (Å²) < 4.78 is 0.156. The number of hydrogen-bond acceptors (Lipinski definition) is 5. The van der Waals surface area contributed by atoms with E-state index in [0.29, 0.717) is 31.4 Å². The summed E-state index contributed by atoms with van der Waals surface area (Å²) in [7, 11) is 0. The Labute approximate surface area is 140 Å². The lowest BCUT2D eigenvalue weighted by Crippen LogP contribution is -2.26. The lowest BCUT2D eigenvalue weighted by Gasteiger charge is -2.07. The van der Waals surface area contributed by atoms with Gasteiger partial charge in [-0.05, 0) is 40.4 Å². The first kappa shape index (κ1) is 18.9. The molecule has 0 saturated carbocycles. The Hall–Kier alpha value is -2.16. The molecule has 0 aliphatic rings. The molecule has 0 spiro atoms. The van der Waals surface area contributed by atoms with Gasteiger partial charge < -0.3 is 15.5 Å². The molecule has 1 amide bonds. The number of phenols is 1. The SMILES string of the molecule is O=C(O)CCCCCNC(=O)Cc1cc(Br)c(O)c([N+](=O)[O-])c1. The number of carbonyl (C=O) groups excluding carboxylic acids is 1. The summed E-state index contributed by atoms with van der Waals surface area (Å²) in [6.45, 7) is 0.416. The third-order valence-electron chi connectivity index (χ3n) is 3.05. The molecule has 0 aromatic heterocycles. The summed E-state index contributed by atoms with van der Waals surface area (Å²) in [5.74, 6) is -1.61. The number of carboxylic acid groups (broad SMARTS) is 1. The van der Waals surface area contributed by atoms with Crippen LogP contribution >= 0.6 is 15.9 Å². The van der Waals surface area contributed by atoms with Crippen molar-refractivity contribution in [1.29, 1.82) is 0 Å². The molecule has 0 heterocycles. The van der Waals surface area contributed by atoms with Crippen LogP contribution in [0, 0.1) is 10.1 Å². The Kier molecular flexibility index (Phi) is 7.46. The molecule has 1 aromatic rings. The van der Waals surface area contributed by atoms with E-state index in [1.807, 2.05) is 0 Å². The average molecular weight is 389 g/mol. The van der Waals surface area contributed by atoms with E-state index in [0.717, 1.165) is 6.07 Å². The number of benzene rings is 1. The molecular weight excluding hydrogens is 372 g/mol. The highest BCUT2D eigenvalue weighted by molar-refractivity contribution is 9.10. The van der Waals surface area contributed by atoms with Crippen LogP contribution in [0.15, 0.2) is 16.6 Å². The first-order valence-electron chi connectivity index (χ1n) is 6.95. The zero-order chi connectivity index (χ0) is 17.4. The van der Waals surface area contributed by atoms with Crippen LogP contribution in [0.3, 0.4) is 0 Å².